The van der Waals surface area contributed by atoms with Gasteiger partial charge in [-0.3, -0.25) is 14.4 Å². The standard InChI is InChI=1S/C20H19NO6S/c1-13-3-2-4-15(7-13)21-19(23)10-28-11-20(24)25-9-16(22)14-5-6-17-18(8-14)27-12-26-17/h2-8H,9-12H2,1H3,(H,21,23). The van der Waals surface area contributed by atoms with Gasteiger partial charge >= 0.3 is 5.97 Å². The van der Waals surface area contributed by atoms with Crippen LogP contribution in [0.4, 0.5) is 5.69 Å². The number of rotatable bonds is 8. The van der Waals surface area contributed by atoms with Gasteiger partial charge in [-0.1, -0.05) is 12.1 Å². The molecule has 0 spiro atoms. The van der Waals surface area contributed by atoms with Crippen molar-refractivity contribution in [2.45, 2.75) is 6.92 Å². The summed E-state index contributed by atoms with van der Waals surface area (Å²) in [4.78, 5) is 35.8. The monoisotopic (exact) mass is 401 g/mol. The number of carbonyl (C=O) groups is 3. The molecule has 3 rings (SSSR count). The molecule has 1 amide bonds. The molecule has 1 heterocycles. The maximum atomic E-state index is 12.1. The third kappa shape index (κ3) is 5.50. The Balaban J connectivity index is 1.36. The number of hydrogen-bond donors (Lipinski definition) is 1. The summed E-state index contributed by atoms with van der Waals surface area (Å²) in [6, 6.07) is 12.2. The molecule has 1 aliphatic rings. The lowest BCUT2D eigenvalue weighted by molar-refractivity contribution is -0.139. The summed E-state index contributed by atoms with van der Waals surface area (Å²) in [5, 5.41) is 2.76. The zero-order valence-corrected chi connectivity index (χ0v) is 16.0. The predicted molar refractivity (Wildman–Crippen MR) is 105 cm³/mol. The van der Waals surface area contributed by atoms with Crippen LogP contribution in [0.25, 0.3) is 0 Å². The molecule has 28 heavy (non-hydrogen) atoms. The Morgan fingerprint density at radius 3 is 2.71 bits per heavy atom. The number of carbonyl (C=O) groups excluding carboxylic acids is 3. The van der Waals surface area contributed by atoms with Crippen molar-refractivity contribution in [1.29, 1.82) is 0 Å². The number of thioether (sulfide) groups is 1. The zero-order valence-electron chi connectivity index (χ0n) is 15.2. The maximum Gasteiger partial charge on any atom is 0.316 e. The number of anilines is 1. The van der Waals surface area contributed by atoms with Gasteiger partial charge < -0.3 is 19.5 Å². The van der Waals surface area contributed by atoms with Crippen LogP contribution in [0, 0.1) is 6.92 Å². The Morgan fingerprint density at radius 1 is 1.07 bits per heavy atom. The molecule has 0 unspecified atom stereocenters. The lowest BCUT2D eigenvalue weighted by atomic mass is 10.1. The van der Waals surface area contributed by atoms with E-state index in [0.29, 0.717) is 22.7 Å². The SMILES string of the molecule is Cc1cccc(NC(=O)CSCC(=O)OCC(=O)c2ccc3c(c2)OCO3)c1. The highest BCUT2D eigenvalue weighted by molar-refractivity contribution is 8.00. The molecule has 0 radical (unpaired) electrons. The molecule has 0 saturated carbocycles. The summed E-state index contributed by atoms with van der Waals surface area (Å²) >= 11 is 1.12. The van der Waals surface area contributed by atoms with Crippen molar-refractivity contribution in [3.05, 3.63) is 53.6 Å². The van der Waals surface area contributed by atoms with Crippen molar-refractivity contribution < 1.29 is 28.6 Å². The van der Waals surface area contributed by atoms with Gasteiger partial charge in [-0.2, -0.15) is 0 Å². The Morgan fingerprint density at radius 2 is 1.89 bits per heavy atom. The highest BCUT2D eigenvalue weighted by atomic mass is 32.2. The van der Waals surface area contributed by atoms with Gasteiger partial charge in [0.15, 0.2) is 23.9 Å². The van der Waals surface area contributed by atoms with E-state index in [1.807, 2.05) is 25.1 Å². The van der Waals surface area contributed by atoms with Crippen LogP contribution in [-0.2, 0) is 14.3 Å². The number of amides is 1. The van der Waals surface area contributed by atoms with Crippen molar-refractivity contribution >= 4 is 35.1 Å². The van der Waals surface area contributed by atoms with Crippen molar-refractivity contribution in [3.63, 3.8) is 0 Å². The minimum Gasteiger partial charge on any atom is -0.457 e. The third-order valence-corrected chi connectivity index (χ3v) is 4.72. The fourth-order valence-electron chi connectivity index (χ4n) is 2.49. The normalized spacial score (nSPS) is 11.8. The smallest absolute Gasteiger partial charge is 0.316 e. The van der Waals surface area contributed by atoms with E-state index in [-0.39, 0.29) is 36.6 Å². The van der Waals surface area contributed by atoms with E-state index in [0.717, 1.165) is 17.3 Å². The molecule has 8 heteroatoms. The van der Waals surface area contributed by atoms with E-state index in [9.17, 15) is 14.4 Å². The number of ether oxygens (including phenoxy) is 3. The van der Waals surface area contributed by atoms with Crippen LogP contribution < -0.4 is 14.8 Å². The summed E-state index contributed by atoms with van der Waals surface area (Å²) in [7, 11) is 0. The largest absolute Gasteiger partial charge is 0.457 e. The number of Topliss-reactive ketones (excluding diaryl/α,β-unsaturated/α-hetero) is 1. The number of nitrogens with one attached hydrogen (secondary N) is 1. The number of hydrogen-bond acceptors (Lipinski definition) is 7. The lowest BCUT2D eigenvalue weighted by Crippen LogP contribution is -2.18. The average molecular weight is 401 g/mol. The molecule has 0 aromatic heterocycles. The molecule has 2 aromatic rings. The number of esters is 1. The molecule has 2 aromatic carbocycles. The first kappa shape index (κ1) is 19.8. The molecule has 0 atom stereocenters. The van der Waals surface area contributed by atoms with Gasteiger partial charge in [-0.25, -0.2) is 0 Å². The summed E-state index contributed by atoms with van der Waals surface area (Å²) in [6.07, 6.45) is 0. The van der Waals surface area contributed by atoms with Crippen LogP contribution >= 0.6 is 11.8 Å². The van der Waals surface area contributed by atoms with Crippen LogP contribution in [0.15, 0.2) is 42.5 Å². The lowest BCUT2D eigenvalue weighted by Gasteiger charge is -2.07. The van der Waals surface area contributed by atoms with Crippen LogP contribution in [0.5, 0.6) is 11.5 Å². The Hall–Kier alpha value is -3.00. The van der Waals surface area contributed by atoms with Crippen LogP contribution in [-0.4, -0.2) is 42.6 Å². The molecule has 0 bridgehead atoms. The zero-order chi connectivity index (χ0) is 19.9. The fraction of sp³-hybridized carbons (Fsp3) is 0.250. The predicted octanol–water partition coefficient (Wildman–Crippen LogP) is 2.82. The molecule has 0 saturated heterocycles. The summed E-state index contributed by atoms with van der Waals surface area (Å²) in [6.45, 7) is 1.69. The first-order valence-corrected chi connectivity index (χ1v) is 9.69. The van der Waals surface area contributed by atoms with E-state index in [4.69, 9.17) is 14.2 Å². The van der Waals surface area contributed by atoms with Gasteiger partial charge in [0.1, 0.15) is 0 Å². The highest BCUT2D eigenvalue weighted by Crippen LogP contribution is 2.32. The molecule has 1 aliphatic heterocycles. The van der Waals surface area contributed by atoms with E-state index >= 15 is 0 Å². The van der Waals surface area contributed by atoms with E-state index in [2.05, 4.69) is 5.32 Å². The van der Waals surface area contributed by atoms with Crippen LogP contribution in [0.1, 0.15) is 15.9 Å². The van der Waals surface area contributed by atoms with Crippen molar-refractivity contribution in [1.82, 2.24) is 0 Å². The first-order chi connectivity index (χ1) is 13.5. The molecule has 146 valence electrons. The topological polar surface area (TPSA) is 90.9 Å². The van der Waals surface area contributed by atoms with E-state index < -0.39 is 5.97 Å². The van der Waals surface area contributed by atoms with Gasteiger partial charge in [0.2, 0.25) is 12.7 Å². The molecular formula is C20H19NO6S. The second kappa shape index (κ2) is 9.27. The molecule has 0 fully saturated rings. The first-order valence-electron chi connectivity index (χ1n) is 8.54. The fourth-order valence-corrected chi connectivity index (χ4v) is 3.10. The minimum atomic E-state index is -0.553. The van der Waals surface area contributed by atoms with Gasteiger partial charge in [0.25, 0.3) is 0 Å². The van der Waals surface area contributed by atoms with Gasteiger partial charge in [0.05, 0.1) is 11.5 Å². The quantitative estimate of drug-likeness (QED) is 0.537. The van der Waals surface area contributed by atoms with Gasteiger partial charge in [-0.05, 0) is 42.8 Å². The summed E-state index contributed by atoms with van der Waals surface area (Å²) in [5.41, 5.74) is 2.13. The Labute approximate surface area is 166 Å². The van der Waals surface area contributed by atoms with Crippen molar-refractivity contribution in [2.24, 2.45) is 0 Å². The Bertz CT molecular complexity index is 898. The van der Waals surface area contributed by atoms with E-state index in [1.54, 1.807) is 24.3 Å². The van der Waals surface area contributed by atoms with Gasteiger partial charge in [-0.15, -0.1) is 11.8 Å². The van der Waals surface area contributed by atoms with Crippen LogP contribution in [0.2, 0.25) is 0 Å². The number of benzene rings is 2. The maximum absolute atomic E-state index is 12.1. The third-order valence-electron chi connectivity index (χ3n) is 3.81. The molecule has 7 nitrogen and oxygen atoms in total. The number of fused-ring (bicyclic) bond motifs is 1. The Kier molecular flexibility index (Phi) is 6.54. The molecule has 1 N–H and O–H groups in total. The number of ketones is 1. The summed E-state index contributed by atoms with van der Waals surface area (Å²) < 4.78 is 15.4. The van der Waals surface area contributed by atoms with Crippen molar-refractivity contribution in [3.8, 4) is 11.5 Å². The van der Waals surface area contributed by atoms with Gasteiger partial charge in [0, 0.05) is 11.3 Å². The van der Waals surface area contributed by atoms with Crippen LogP contribution in [0.3, 0.4) is 0 Å². The van der Waals surface area contributed by atoms with Crippen molar-refractivity contribution in [2.75, 3.05) is 30.2 Å². The average Bonchev–Trinajstić information content (AvgIpc) is 3.14. The van der Waals surface area contributed by atoms with E-state index in [1.165, 1.54) is 0 Å². The number of aryl methyl sites for hydroxylation is 1. The second-order valence-corrected chi connectivity index (χ2v) is 7.05. The highest BCUT2D eigenvalue weighted by Gasteiger charge is 2.17. The minimum absolute atomic E-state index is 0.0182. The second-order valence-electron chi connectivity index (χ2n) is 6.06. The molecular weight excluding hydrogens is 382 g/mol. The molecule has 0 aliphatic carbocycles. The summed E-state index contributed by atoms with van der Waals surface area (Å²) in [5.74, 6) is 0.0619.